The lowest BCUT2D eigenvalue weighted by molar-refractivity contribution is -0.136. The number of carbonyl (C=O) groups excluding carboxylic acids is 3. The van der Waals surface area contributed by atoms with Crippen molar-refractivity contribution in [1.29, 1.82) is 0 Å². The predicted molar refractivity (Wildman–Crippen MR) is 120 cm³/mol. The molecule has 2 aliphatic heterocycles. The summed E-state index contributed by atoms with van der Waals surface area (Å²) in [7, 11) is 1.88. The van der Waals surface area contributed by atoms with Gasteiger partial charge in [-0.05, 0) is 42.3 Å². The van der Waals surface area contributed by atoms with Gasteiger partial charge in [0.15, 0.2) is 0 Å². The van der Waals surface area contributed by atoms with E-state index in [1.165, 1.54) is 4.90 Å². The van der Waals surface area contributed by atoms with E-state index in [0.29, 0.717) is 34.3 Å². The van der Waals surface area contributed by atoms with Crippen molar-refractivity contribution in [3.8, 4) is 22.5 Å². The number of nitrogens with one attached hydrogen (secondary N) is 1. The molecule has 1 unspecified atom stereocenters. The maximum Gasteiger partial charge on any atom is 0.255 e. The number of halogens is 2. The first kappa shape index (κ1) is 20.7. The maximum absolute atomic E-state index is 13.0. The molecule has 1 atom stereocenters. The number of carbonyl (C=O) groups is 3. The zero-order valence-electron chi connectivity index (χ0n) is 17.1. The number of imide groups is 1. The number of fused-ring (bicyclic) bond motifs is 1. The van der Waals surface area contributed by atoms with Gasteiger partial charge in [-0.3, -0.25) is 19.7 Å². The van der Waals surface area contributed by atoms with Crippen molar-refractivity contribution in [2.45, 2.75) is 25.4 Å². The number of hydrogen-bond acceptors (Lipinski definition) is 4. The topological polar surface area (TPSA) is 84.3 Å². The minimum Gasteiger partial charge on any atom is -0.333 e. The van der Waals surface area contributed by atoms with Crippen molar-refractivity contribution >= 4 is 40.9 Å². The van der Waals surface area contributed by atoms with E-state index in [1.807, 2.05) is 23.7 Å². The number of aryl methyl sites for hydroxylation is 1. The molecule has 1 aromatic heterocycles. The Labute approximate surface area is 193 Å². The molecule has 162 valence electrons. The van der Waals surface area contributed by atoms with E-state index in [2.05, 4.69) is 10.3 Å². The van der Waals surface area contributed by atoms with Crippen molar-refractivity contribution in [3.05, 3.63) is 63.9 Å². The second-order valence-electron chi connectivity index (χ2n) is 7.95. The second kappa shape index (κ2) is 7.76. The molecule has 3 amide bonds. The van der Waals surface area contributed by atoms with Crippen LogP contribution >= 0.6 is 23.2 Å². The standard InChI is InChI=1S/C23H18Cl2N4O3/c1-28-11-26-20(21(28)16-9-14(24)3-5-17(16)25)12-2-4-15-13(8-12)10-29(23(15)32)18-6-7-19(30)27-22(18)31/h2-5,8-9,11,18H,6-7,10H2,1H3,(H,27,30,31). The van der Waals surface area contributed by atoms with Gasteiger partial charge in [0.05, 0.1) is 22.7 Å². The molecule has 3 aromatic rings. The fourth-order valence-corrected chi connectivity index (χ4v) is 4.74. The second-order valence-corrected chi connectivity index (χ2v) is 8.79. The highest BCUT2D eigenvalue weighted by Gasteiger charge is 2.39. The van der Waals surface area contributed by atoms with E-state index in [9.17, 15) is 14.4 Å². The van der Waals surface area contributed by atoms with E-state index in [0.717, 1.165) is 22.4 Å². The Morgan fingerprint density at radius 3 is 2.66 bits per heavy atom. The number of amides is 3. The van der Waals surface area contributed by atoms with Crippen molar-refractivity contribution in [2.24, 2.45) is 7.05 Å². The quantitative estimate of drug-likeness (QED) is 0.592. The summed E-state index contributed by atoms with van der Waals surface area (Å²) < 4.78 is 1.88. The molecule has 2 aliphatic rings. The molecule has 7 nitrogen and oxygen atoms in total. The molecule has 0 aliphatic carbocycles. The van der Waals surface area contributed by atoms with Crippen molar-refractivity contribution < 1.29 is 14.4 Å². The average molecular weight is 469 g/mol. The summed E-state index contributed by atoms with van der Waals surface area (Å²) in [6.07, 6.45) is 2.25. The Morgan fingerprint density at radius 1 is 1.06 bits per heavy atom. The van der Waals surface area contributed by atoms with Gasteiger partial charge in [0.1, 0.15) is 6.04 Å². The minimum absolute atomic E-state index is 0.208. The number of hydrogen-bond donors (Lipinski definition) is 1. The third kappa shape index (κ3) is 3.38. The van der Waals surface area contributed by atoms with Crippen LogP contribution in [0.3, 0.4) is 0 Å². The Morgan fingerprint density at radius 2 is 1.88 bits per heavy atom. The highest BCUT2D eigenvalue weighted by molar-refractivity contribution is 6.35. The van der Waals surface area contributed by atoms with Gasteiger partial charge < -0.3 is 9.47 Å². The van der Waals surface area contributed by atoms with Gasteiger partial charge in [-0.2, -0.15) is 0 Å². The van der Waals surface area contributed by atoms with E-state index >= 15 is 0 Å². The molecular weight excluding hydrogens is 451 g/mol. The number of piperidine rings is 1. The zero-order chi connectivity index (χ0) is 22.6. The number of nitrogens with zero attached hydrogens (tertiary/aromatic N) is 3. The van der Waals surface area contributed by atoms with Crippen LogP contribution < -0.4 is 5.32 Å². The van der Waals surface area contributed by atoms with E-state index in [4.69, 9.17) is 23.2 Å². The summed E-state index contributed by atoms with van der Waals surface area (Å²) >= 11 is 12.7. The van der Waals surface area contributed by atoms with Crippen LogP contribution in [0, 0.1) is 0 Å². The molecule has 32 heavy (non-hydrogen) atoms. The zero-order valence-corrected chi connectivity index (χ0v) is 18.6. The minimum atomic E-state index is -0.647. The van der Waals surface area contributed by atoms with Gasteiger partial charge in [0, 0.05) is 41.7 Å². The number of imidazole rings is 1. The van der Waals surface area contributed by atoms with Crippen LogP contribution in [0.4, 0.5) is 0 Å². The van der Waals surface area contributed by atoms with Crippen LogP contribution in [0.5, 0.6) is 0 Å². The van der Waals surface area contributed by atoms with Crippen molar-refractivity contribution in [1.82, 2.24) is 19.8 Å². The molecule has 2 aromatic carbocycles. The first-order valence-corrected chi connectivity index (χ1v) is 10.8. The van der Waals surface area contributed by atoms with Gasteiger partial charge in [-0.25, -0.2) is 4.98 Å². The van der Waals surface area contributed by atoms with Gasteiger partial charge in [-0.1, -0.05) is 29.3 Å². The Kier molecular flexibility index (Phi) is 5.03. The van der Waals surface area contributed by atoms with Gasteiger partial charge in [-0.15, -0.1) is 0 Å². The average Bonchev–Trinajstić information content (AvgIpc) is 3.29. The van der Waals surface area contributed by atoms with Crippen molar-refractivity contribution in [2.75, 3.05) is 0 Å². The molecule has 0 saturated carbocycles. The lowest BCUT2D eigenvalue weighted by Gasteiger charge is -2.29. The third-order valence-corrected chi connectivity index (χ3v) is 6.48. The maximum atomic E-state index is 13.0. The molecule has 0 spiro atoms. The largest absolute Gasteiger partial charge is 0.333 e. The summed E-state index contributed by atoms with van der Waals surface area (Å²) in [5.41, 5.74) is 4.47. The molecule has 9 heteroatoms. The van der Waals surface area contributed by atoms with Crippen LogP contribution in [0.25, 0.3) is 22.5 Å². The lowest BCUT2D eigenvalue weighted by Crippen LogP contribution is -2.52. The summed E-state index contributed by atoms with van der Waals surface area (Å²) in [6, 6.07) is 10.1. The molecule has 3 heterocycles. The normalized spacial score (nSPS) is 18.2. The Balaban J connectivity index is 1.52. The SMILES string of the molecule is Cn1cnc(-c2ccc3c(c2)CN(C2CCC(=O)NC2=O)C3=O)c1-c1cc(Cl)ccc1Cl. The molecule has 1 saturated heterocycles. The molecule has 5 rings (SSSR count). The summed E-state index contributed by atoms with van der Waals surface area (Å²) in [5, 5.41) is 3.44. The van der Waals surface area contributed by atoms with Crippen LogP contribution in [0.2, 0.25) is 10.0 Å². The smallest absolute Gasteiger partial charge is 0.255 e. The lowest BCUT2D eigenvalue weighted by atomic mass is 10.0. The highest BCUT2D eigenvalue weighted by atomic mass is 35.5. The molecule has 0 radical (unpaired) electrons. The summed E-state index contributed by atoms with van der Waals surface area (Å²) in [5.74, 6) is -0.939. The Bertz CT molecular complexity index is 1300. The third-order valence-electron chi connectivity index (χ3n) is 5.92. The van der Waals surface area contributed by atoms with Crippen LogP contribution in [-0.2, 0) is 23.2 Å². The van der Waals surface area contributed by atoms with Crippen LogP contribution in [0.1, 0.15) is 28.8 Å². The van der Waals surface area contributed by atoms with Gasteiger partial charge in [0.2, 0.25) is 11.8 Å². The summed E-state index contributed by atoms with van der Waals surface area (Å²) in [6.45, 7) is 0.300. The number of rotatable bonds is 3. The predicted octanol–water partition coefficient (Wildman–Crippen LogP) is 3.82. The molecule has 0 bridgehead atoms. The fraction of sp³-hybridized carbons (Fsp3) is 0.217. The van der Waals surface area contributed by atoms with Gasteiger partial charge >= 0.3 is 0 Å². The van der Waals surface area contributed by atoms with E-state index in [1.54, 1.807) is 30.6 Å². The molecule has 1 fully saturated rings. The molecular formula is C23H18Cl2N4O3. The summed E-state index contributed by atoms with van der Waals surface area (Å²) in [4.78, 5) is 42.8. The number of benzene rings is 2. The first-order valence-electron chi connectivity index (χ1n) is 10.1. The molecule has 1 N–H and O–H groups in total. The van der Waals surface area contributed by atoms with E-state index < -0.39 is 11.9 Å². The Hall–Kier alpha value is -3.16. The van der Waals surface area contributed by atoms with Gasteiger partial charge in [0.25, 0.3) is 5.91 Å². The monoisotopic (exact) mass is 468 g/mol. The fourth-order valence-electron chi connectivity index (χ4n) is 4.36. The van der Waals surface area contributed by atoms with Crippen molar-refractivity contribution in [3.63, 3.8) is 0 Å². The van der Waals surface area contributed by atoms with Crippen LogP contribution in [-0.4, -0.2) is 38.2 Å². The van der Waals surface area contributed by atoms with Crippen LogP contribution in [0.15, 0.2) is 42.7 Å². The van der Waals surface area contributed by atoms with E-state index in [-0.39, 0.29) is 18.2 Å². The highest BCUT2D eigenvalue weighted by Crippen LogP contribution is 2.38. The number of aromatic nitrogens is 2. The first-order chi connectivity index (χ1) is 15.3.